The molecule has 0 radical (unpaired) electrons. The van der Waals surface area contributed by atoms with Crippen LogP contribution in [0, 0.1) is 0 Å². The van der Waals surface area contributed by atoms with Crippen molar-refractivity contribution in [2.75, 3.05) is 12.4 Å². The number of carbonyl (C=O) groups excluding carboxylic acids is 4. The van der Waals surface area contributed by atoms with E-state index in [9.17, 15) is 19.2 Å². The number of piperidine rings is 1. The second-order valence-electron chi connectivity index (χ2n) is 7.37. The molecule has 4 rings (SSSR count). The van der Waals surface area contributed by atoms with E-state index in [2.05, 4.69) is 16.0 Å². The molecular weight excluding hydrogens is 384 g/mol. The number of carbonyl (C=O) groups is 4. The van der Waals surface area contributed by atoms with Crippen molar-refractivity contribution in [3.8, 4) is 0 Å². The number of anilines is 1. The molecule has 0 bridgehead atoms. The maximum atomic E-state index is 12.9. The van der Waals surface area contributed by atoms with Gasteiger partial charge in [-0.05, 0) is 42.8 Å². The van der Waals surface area contributed by atoms with Crippen molar-refractivity contribution < 1.29 is 19.2 Å². The number of fused-ring (bicyclic) bond motifs is 1. The van der Waals surface area contributed by atoms with Crippen LogP contribution in [0.3, 0.4) is 0 Å². The number of amides is 4. The van der Waals surface area contributed by atoms with Gasteiger partial charge in [0.05, 0.1) is 11.1 Å². The lowest BCUT2D eigenvalue weighted by Gasteiger charge is -2.27. The van der Waals surface area contributed by atoms with Crippen molar-refractivity contribution in [3.63, 3.8) is 0 Å². The average Bonchev–Trinajstić information content (AvgIpc) is 2.98. The van der Waals surface area contributed by atoms with Crippen molar-refractivity contribution in [1.82, 2.24) is 15.5 Å². The predicted molar refractivity (Wildman–Crippen MR) is 110 cm³/mol. The molecule has 0 spiro atoms. The van der Waals surface area contributed by atoms with Crippen LogP contribution in [0.4, 0.5) is 5.69 Å². The number of nitrogens with zero attached hydrogens (tertiary/aromatic N) is 1. The normalized spacial score (nSPS) is 18.4. The SMILES string of the molecule is CNCc1ccccc1NCc1ccc2c(c1)C(=O)N(C1CCC(=O)NC1=O)C2=O. The number of nitrogens with one attached hydrogen (secondary N) is 3. The van der Waals surface area contributed by atoms with Crippen LogP contribution in [-0.2, 0) is 22.7 Å². The summed E-state index contributed by atoms with van der Waals surface area (Å²) in [5.74, 6) is -1.99. The van der Waals surface area contributed by atoms with Gasteiger partial charge in [0.15, 0.2) is 0 Å². The van der Waals surface area contributed by atoms with E-state index in [4.69, 9.17) is 0 Å². The standard InChI is InChI=1S/C22H22N4O4/c1-23-12-14-4-2-3-5-17(14)24-11-13-6-7-15-16(10-13)22(30)26(21(15)29)18-8-9-19(27)25-20(18)28/h2-7,10,18,23-24H,8-9,11-12H2,1H3,(H,25,27,28). The molecule has 0 saturated carbocycles. The summed E-state index contributed by atoms with van der Waals surface area (Å²) < 4.78 is 0. The van der Waals surface area contributed by atoms with Gasteiger partial charge in [0.1, 0.15) is 6.04 Å². The Morgan fingerprint density at radius 3 is 2.53 bits per heavy atom. The van der Waals surface area contributed by atoms with Crippen LogP contribution in [0.15, 0.2) is 42.5 Å². The zero-order valence-corrected chi connectivity index (χ0v) is 16.5. The third-order valence-electron chi connectivity index (χ3n) is 5.37. The molecule has 0 aromatic heterocycles. The van der Waals surface area contributed by atoms with Crippen LogP contribution in [0.1, 0.15) is 44.7 Å². The van der Waals surface area contributed by atoms with Gasteiger partial charge in [0.2, 0.25) is 11.8 Å². The molecule has 4 amide bonds. The lowest BCUT2D eigenvalue weighted by atomic mass is 10.0. The van der Waals surface area contributed by atoms with Crippen molar-refractivity contribution in [3.05, 3.63) is 64.7 Å². The minimum atomic E-state index is -0.954. The first-order chi connectivity index (χ1) is 14.5. The fourth-order valence-corrected chi connectivity index (χ4v) is 3.86. The lowest BCUT2D eigenvalue weighted by Crippen LogP contribution is -2.54. The summed E-state index contributed by atoms with van der Waals surface area (Å²) in [6.45, 7) is 1.20. The van der Waals surface area contributed by atoms with E-state index in [0.717, 1.165) is 28.3 Å². The van der Waals surface area contributed by atoms with E-state index in [1.165, 1.54) is 0 Å². The monoisotopic (exact) mass is 406 g/mol. The van der Waals surface area contributed by atoms with E-state index >= 15 is 0 Å². The smallest absolute Gasteiger partial charge is 0.262 e. The Kier molecular flexibility index (Phi) is 5.33. The molecule has 2 aliphatic heterocycles. The molecule has 2 heterocycles. The summed E-state index contributed by atoms with van der Waals surface area (Å²) in [6.07, 6.45) is 0.248. The van der Waals surface area contributed by atoms with Crippen molar-refractivity contribution in [2.24, 2.45) is 0 Å². The summed E-state index contributed by atoms with van der Waals surface area (Å²) in [5.41, 5.74) is 3.52. The van der Waals surface area contributed by atoms with E-state index in [-0.39, 0.29) is 29.9 Å². The minimum absolute atomic E-state index is 0.102. The van der Waals surface area contributed by atoms with Crippen LogP contribution < -0.4 is 16.0 Å². The Balaban J connectivity index is 1.52. The fourth-order valence-electron chi connectivity index (χ4n) is 3.86. The molecule has 1 unspecified atom stereocenters. The van der Waals surface area contributed by atoms with Gasteiger partial charge in [-0.1, -0.05) is 24.3 Å². The quantitative estimate of drug-likeness (QED) is 0.627. The van der Waals surface area contributed by atoms with Crippen molar-refractivity contribution >= 4 is 29.3 Å². The first-order valence-corrected chi connectivity index (χ1v) is 9.80. The molecule has 8 heteroatoms. The number of para-hydroxylation sites is 1. The molecule has 2 aromatic rings. The highest BCUT2D eigenvalue weighted by molar-refractivity contribution is 6.23. The van der Waals surface area contributed by atoms with Gasteiger partial charge in [0.25, 0.3) is 11.8 Å². The number of hydrogen-bond donors (Lipinski definition) is 3. The molecule has 1 atom stereocenters. The Labute approximate surface area is 173 Å². The molecule has 8 nitrogen and oxygen atoms in total. The molecule has 2 aliphatic rings. The molecule has 0 aliphatic carbocycles. The average molecular weight is 406 g/mol. The van der Waals surface area contributed by atoms with E-state index < -0.39 is 23.8 Å². The van der Waals surface area contributed by atoms with E-state index in [1.54, 1.807) is 18.2 Å². The molecule has 1 fully saturated rings. The molecule has 30 heavy (non-hydrogen) atoms. The van der Waals surface area contributed by atoms with Gasteiger partial charge in [-0.25, -0.2) is 0 Å². The van der Waals surface area contributed by atoms with Gasteiger partial charge >= 0.3 is 0 Å². The summed E-state index contributed by atoms with van der Waals surface area (Å²) in [7, 11) is 1.88. The Morgan fingerprint density at radius 1 is 1.00 bits per heavy atom. The zero-order chi connectivity index (χ0) is 21.3. The molecule has 154 valence electrons. The van der Waals surface area contributed by atoms with Crippen LogP contribution >= 0.6 is 0 Å². The summed E-state index contributed by atoms with van der Waals surface area (Å²) in [6, 6.07) is 12.1. The maximum absolute atomic E-state index is 12.9. The fraction of sp³-hybridized carbons (Fsp3) is 0.273. The van der Waals surface area contributed by atoms with Gasteiger partial charge < -0.3 is 10.6 Å². The second kappa shape index (κ2) is 8.08. The first kappa shape index (κ1) is 19.8. The van der Waals surface area contributed by atoms with Crippen LogP contribution in [0.2, 0.25) is 0 Å². The molecular formula is C22H22N4O4. The van der Waals surface area contributed by atoms with Crippen LogP contribution in [0.5, 0.6) is 0 Å². The first-order valence-electron chi connectivity index (χ1n) is 9.80. The highest BCUT2D eigenvalue weighted by atomic mass is 16.2. The largest absolute Gasteiger partial charge is 0.381 e. The molecule has 2 aromatic carbocycles. The Bertz CT molecular complexity index is 1050. The van der Waals surface area contributed by atoms with Gasteiger partial charge in [-0.3, -0.25) is 29.4 Å². The number of imide groups is 2. The molecule has 1 saturated heterocycles. The minimum Gasteiger partial charge on any atom is -0.381 e. The summed E-state index contributed by atoms with van der Waals surface area (Å²) >= 11 is 0. The van der Waals surface area contributed by atoms with Gasteiger partial charge in [-0.2, -0.15) is 0 Å². The zero-order valence-electron chi connectivity index (χ0n) is 16.5. The van der Waals surface area contributed by atoms with E-state index in [1.807, 2.05) is 31.3 Å². The highest BCUT2D eigenvalue weighted by Crippen LogP contribution is 2.28. The number of rotatable bonds is 6. The summed E-state index contributed by atoms with van der Waals surface area (Å²) in [4.78, 5) is 50.2. The molecule has 3 N–H and O–H groups in total. The Morgan fingerprint density at radius 2 is 1.77 bits per heavy atom. The third-order valence-corrected chi connectivity index (χ3v) is 5.37. The van der Waals surface area contributed by atoms with Crippen LogP contribution in [0.25, 0.3) is 0 Å². The summed E-state index contributed by atoms with van der Waals surface area (Å²) in [5, 5.41) is 8.70. The second-order valence-corrected chi connectivity index (χ2v) is 7.37. The van der Waals surface area contributed by atoms with Crippen molar-refractivity contribution in [1.29, 1.82) is 0 Å². The van der Waals surface area contributed by atoms with Gasteiger partial charge in [0, 0.05) is 25.2 Å². The highest BCUT2D eigenvalue weighted by Gasteiger charge is 2.44. The van der Waals surface area contributed by atoms with Crippen molar-refractivity contribution in [2.45, 2.75) is 32.0 Å². The van der Waals surface area contributed by atoms with Crippen LogP contribution in [-0.4, -0.2) is 41.6 Å². The number of hydrogen-bond acceptors (Lipinski definition) is 6. The van der Waals surface area contributed by atoms with Gasteiger partial charge in [-0.15, -0.1) is 0 Å². The topological polar surface area (TPSA) is 108 Å². The maximum Gasteiger partial charge on any atom is 0.262 e. The van der Waals surface area contributed by atoms with E-state index in [0.29, 0.717) is 6.54 Å². The Hall–Kier alpha value is -3.52. The lowest BCUT2D eigenvalue weighted by molar-refractivity contribution is -0.136. The number of benzene rings is 2. The predicted octanol–water partition coefficient (Wildman–Crippen LogP) is 1.42. The third kappa shape index (κ3) is 3.57.